The molecule has 0 atom stereocenters. The molecule has 0 unspecified atom stereocenters. The van der Waals surface area contributed by atoms with Gasteiger partial charge in [-0.05, 0) is 49.9 Å². The van der Waals surface area contributed by atoms with Gasteiger partial charge in [0, 0.05) is 49.7 Å². The maximum Gasteiger partial charge on any atom is 0.224 e. The lowest BCUT2D eigenvalue weighted by atomic mass is 10.1. The molecule has 1 aliphatic rings. The van der Waals surface area contributed by atoms with E-state index in [9.17, 15) is 9.18 Å². The smallest absolute Gasteiger partial charge is 0.224 e. The van der Waals surface area contributed by atoms with Crippen LogP contribution in [-0.2, 0) is 11.2 Å². The van der Waals surface area contributed by atoms with E-state index in [1.165, 1.54) is 12.1 Å². The number of nitrogens with one attached hydrogen (secondary N) is 3. The molecule has 2 aromatic rings. The van der Waals surface area contributed by atoms with Gasteiger partial charge in [0.2, 0.25) is 5.91 Å². The molecule has 0 bridgehead atoms. The number of aromatic amines is 1. The minimum Gasteiger partial charge on any atom is -0.361 e. The van der Waals surface area contributed by atoms with Gasteiger partial charge in [-0.3, -0.25) is 9.79 Å². The van der Waals surface area contributed by atoms with Crippen LogP contribution in [0.25, 0.3) is 10.9 Å². The van der Waals surface area contributed by atoms with Crippen LogP contribution in [0.15, 0.2) is 29.4 Å². The van der Waals surface area contributed by atoms with Gasteiger partial charge in [0.05, 0.1) is 6.54 Å². The van der Waals surface area contributed by atoms with Gasteiger partial charge in [0.1, 0.15) is 5.82 Å². The number of hydrogen-bond donors (Lipinski definition) is 3. The summed E-state index contributed by atoms with van der Waals surface area (Å²) in [7, 11) is 0. The Morgan fingerprint density at radius 3 is 2.82 bits per heavy atom. The molecule has 0 radical (unpaired) electrons. The molecule has 8 heteroatoms. The van der Waals surface area contributed by atoms with Gasteiger partial charge in [-0.15, -0.1) is 24.0 Å². The Bertz CT molecular complexity index is 801. The van der Waals surface area contributed by atoms with Crippen LogP contribution >= 0.6 is 24.0 Å². The van der Waals surface area contributed by atoms with Crippen molar-refractivity contribution >= 4 is 46.7 Å². The van der Waals surface area contributed by atoms with Crippen molar-refractivity contribution in [3.05, 3.63) is 35.8 Å². The Balaban J connectivity index is 0.00000280. The highest BCUT2D eigenvalue weighted by Gasteiger charge is 2.17. The molecule has 2 heterocycles. The van der Waals surface area contributed by atoms with E-state index in [0.717, 1.165) is 61.3 Å². The lowest BCUT2D eigenvalue weighted by Crippen LogP contribution is -2.38. The third-order valence-corrected chi connectivity index (χ3v) is 4.81. The first kappa shape index (κ1) is 22.4. The standard InChI is InChI=1S/C20H28FN5O.HI/c1-2-22-20(24-10-8-19(27)26-11-3-4-12-26)23-9-7-15-14-25-18-13-16(21)5-6-17(15)18;/h5-6,13-14,25H,2-4,7-12H2,1H3,(H2,22,23,24);1H. The Morgan fingerprint density at radius 2 is 2.07 bits per heavy atom. The molecule has 0 saturated carbocycles. The first-order chi connectivity index (χ1) is 13.2. The molecule has 1 saturated heterocycles. The molecule has 1 amide bonds. The van der Waals surface area contributed by atoms with E-state index in [-0.39, 0.29) is 35.7 Å². The lowest BCUT2D eigenvalue weighted by Gasteiger charge is -2.15. The summed E-state index contributed by atoms with van der Waals surface area (Å²) in [6.45, 7) is 5.73. The topological polar surface area (TPSA) is 72.5 Å². The van der Waals surface area contributed by atoms with Crippen molar-refractivity contribution < 1.29 is 9.18 Å². The summed E-state index contributed by atoms with van der Waals surface area (Å²) in [6, 6.07) is 4.80. The number of hydrogen-bond acceptors (Lipinski definition) is 2. The van der Waals surface area contributed by atoms with Crippen LogP contribution in [0.5, 0.6) is 0 Å². The minimum atomic E-state index is -0.237. The van der Waals surface area contributed by atoms with E-state index in [1.807, 2.05) is 18.0 Å². The highest BCUT2D eigenvalue weighted by atomic mass is 127. The quantitative estimate of drug-likeness (QED) is 0.310. The molecule has 1 fully saturated rings. The number of amides is 1. The summed E-state index contributed by atoms with van der Waals surface area (Å²) in [6.07, 6.45) is 5.39. The molecule has 1 aliphatic heterocycles. The molecule has 1 aromatic carbocycles. The summed E-state index contributed by atoms with van der Waals surface area (Å²) in [5.41, 5.74) is 1.95. The third kappa shape index (κ3) is 6.08. The van der Waals surface area contributed by atoms with Crippen molar-refractivity contribution in [1.82, 2.24) is 20.5 Å². The zero-order valence-electron chi connectivity index (χ0n) is 16.3. The summed E-state index contributed by atoms with van der Waals surface area (Å²) < 4.78 is 13.3. The molecule has 28 heavy (non-hydrogen) atoms. The van der Waals surface area contributed by atoms with Crippen molar-refractivity contribution in [3.63, 3.8) is 0 Å². The second kappa shape index (κ2) is 11.2. The number of benzene rings is 1. The molecule has 0 aliphatic carbocycles. The van der Waals surface area contributed by atoms with E-state index in [4.69, 9.17) is 0 Å². The van der Waals surface area contributed by atoms with Gasteiger partial charge >= 0.3 is 0 Å². The van der Waals surface area contributed by atoms with Crippen molar-refractivity contribution in [1.29, 1.82) is 0 Å². The average molecular weight is 501 g/mol. The van der Waals surface area contributed by atoms with E-state index in [0.29, 0.717) is 19.5 Å². The van der Waals surface area contributed by atoms with Gasteiger partial charge in [-0.25, -0.2) is 4.39 Å². The Kier molecular flexibility index (Phi) is 9.01. The van der Waals surface area contributed by atoms with Gasteiger partial charge in [-0.1, -0.05) is 0 Å². The van der Waals surface area contributed by atoms with E-state index in [2.05, 4.69) is 20.6 Å². The first-order valence-electron chi connectivity index (χ1n) is 9.73. The Hall–Kier alpha value is -1.84. The number of carbonyl (C=O) groups is 1. The predicted molar refractivity (Wildman–Crippen MR) is 122 cm³/mol. The Morgan fingerprint density at radius 1 is 1.29 bits per heavy atom. The third-order valence-electron chi connectivity index (χ3n) is 4.81. The van der Waals surface area contributed by atoms with Crippen molar-refractivity contribution in [2.45, 2.75) is 32.6 Å². The van der Waals surface area contributed by atoms with Crippen LogP contribution < -0.4 is 10.6 Å². The molecule has 3 rings (SSSR count). The molecular formula is C20H29FIN5O. The summed E-state index contributed by atoms with van der Waals surface area (Å²) in [5.74, 6) is 0.676. The second-order valence-electron chi connectivity index (χ2n) is 6.78. The number of fused-ring (bicyclic) bond motifs is 1. The fourth-order valence-electron chi connectivity index (χ4n) is 3.41. The molecule has 1 aromatic heterocycles. The maximum absolute atomic E-state index is 13.3. The van der Waals surface area contributed by atoms with E-state index >= 15 is 0 Å². The van der Waals surface area contributed by atoms with Crippen LogP contribution in [0, 0.1) is 5.82 Å². The summed E-state index contributed by atoms with van der Waals surface area (Å²) >= 11 is 0. The van der Waals surface area contributed by atoms with Crippen molar-refractivity contribution in [3.8, 4) is 0 Å². The number of guanidine groups is 1. The second-order valence-corrected chi connectivity index (χ2v) is 6.78. The van der Waals surface area contributed by atoms with Crippen LogP contribution in [-0.4, -0.2) is 54.5 Å². The van der Waals surface area contributed by atoms with Crippen molar-refractivity contribution in [2.24, 2.45) is 4.99 Å². The first-order valence-corrected chi connectivity index (χ1v) is 9.73. The van der Waals surface area contributed by atoms with Gasteiger partial charge in [0.15, 0.2) is 5.96 Å². The molecule has 154 valence electrons. The summed E-state index contributed by atoms with van der Waals surface area (Å²) in [4.78, 5) is 21.6. The van der Waals surface area contributed by atoms with Crippen LogP contribution in [0.2, 0.25) is 0 Å². The zero-order valence-corrected chi connectivity index (χ0v) is 18.6. The number of H-pyrrole nitrogens is 1. The van der Waals surface area contributed by atoms with Gasteiger partial charge in [0.25, 0.3) is 0 Å². The fraction of sp³-hybridized carbons (Fsp3) is 0.500. The monoisotopic (exact) mass is 501 g/mol. The molecule has 6 nitrogen and oxygen atoms in total. The van der Waals surface area contributed by atoms with Crippen LogP contribution in [0.4, 0.5) is 4.39 Å². The zero-order chi connectivity index (χ0) is 19.1. The highest BCUT2D eigenvalue weighted by Crippen LogP contribution is 2.19. The number of nitrogens with zero attached hydrogens (tertiary/aromatic N) is 2. The number of likely N-dealkylation sites (tertiary alicyclic amines) is 1. The number of aromatic nitrogens is 1. The van der Waals surface area contributed by atoms with E-state index < -0.39 is 0 Å². The largest absolute Gasteiger partial charge is 0.361 e. The molecule has 0 spiro atoms. The average Bonchev–Trinajstić information content (AvgIpc) is 3.31. The summed E-state index contributed by atoms with van der Waals surface area (Å²) in [5, 5.41) is 7.55. The van der Waals surface area contributed by atoms with Crippen LogP contribution in [0.1, 0.15) is 31.7 Å². The SMILES string of the molecule is CCNC(=NCCC(=O)N1CCCC1)NCCc1c[nH]c2cc(F)ccc12.I. The number of rotatable bonds is 7. The fourth-order valence-corrected chi connectivity index (χ4v) is 3.41. The van der Waals surface area contributed by atoms with Gasteiger partial charge < -0.3 is 20.5 Å². The number of aliphatic imine (C=N–C) groups is 1. The number of carbonyl (C=O) groups excluding carboxylic acids is 1. The van der Waals surface area contributed by atoms with Crippen molar-refractivity contribution in [2.75, 3.05) is 32.7 Å². The highest BCUT2D eigenvalue weighted by molar-refractivity contribution is 14.0. The van der Waals surface area contributed by atoms with Gasteiger partial charge in [-0.2, -0.15) is 0 Å². The molecule has 3 N–H and O–H groups in total. The normalized spacial score (nSPS) is 14.2. The molecular weight excluding hydrogens is 472 g/mol. The lowest BCUT2D eigenvalue weighted by molar-refractivity contribution is -0.129. The number of halogens is 2. The van der Waals surface area contributed by atoms with Crippen LogP contribution in [0.3, 0.4) is 0 Å². The Labute approximate surface area is 182 Å². The minimum absolute atomic E-state index is 0. The predicted octanol–water partition coefficient (Wildman–Crippen LogP) is 3.04. The van der Waals surface area contributed by atoms with E-state index in [1.54, 1.807) is 6.07 Å². The maximum atomic E-state index is 13.3.